The normalized spacial score (nSPS) is 11.4. The van der Waals surface area contributed by atoms with Gasteiger partial charge in [0.1, 0.15) is 0 Å². The van der Waals surface area contributed by atoms with Gasteiger partial charge in [0.25, 0.3) is 0 Å². The SMILES string of the molecule is FC(F)(F)CCNc1ccccc1Cl. The highest BCUT2D eigenvalue weighted by molar-refractivity contribution is 6.33. The molecular weight excluding hydrogens is 215 g/mol. The maximum absolute atomic E-state index is 11.8. The van der Waals surface area contributed by atoms with Crippen LogP contribution in [0, 0.1) is 0 Å². The number of rotatable bonds is 3. The molecule has 0 atom stereocenters. The van der Waals surface area contributed by atoms with Crippen LogP contribution in [0.5, 0.6) is 0 Å². The molecule has 0 saturated heterocycles. The van der Waals surface area contributed by atoms with Crippen LogP contribution in [0.25, 0.3) is 0 Å². The van der Waals surface area contributed by atoms with Gasteiger partial charge < -0.3 is 5.32 Å². The summed E-state index contributed by atoms with van der Waals surface area (Å²) < 4.78 is 35.4. The summed E-state index contributed by atoms with van der Waals surface area (Å²) in [5.41, 5.74) is 0.526. The number of alkyl halides is 3. The molecule has 0 fully saturated rings. The third-order valence-electron chi connectivity index (χ3n) is 1.60. The number of para-hydroxylation sites is 1. The molecule has 0 spiro atoms. The Morgan fingerprint density at radius 1 is 1.21 bits per heavy atom. The molecule has 1 aromatic rings. The van der Waals surface area contributed by atoms with Crippen LogP contribution in [-0.4, -0.2) is 12.7 Å². The Hall–Kier alpha value is -0.900. The second-order valence-corrected chi connectivity index (χ2v) is 3.18. The summed E-state index contributed by atoms with van der Waals surface area (Å²) in [4.78, 5) is 0. The molecule has 1 N–H and O–H groups in total. The van der Waals surface area contributed by atoms with E-state index < -0.39 is 12.6 Å². The lowest BCUT2D eigenvalue weighted by atomic mass is 10.3. The van der Waals surface area contributed by atoms with Crippen LogP contribution in [0.3, 0.4) is 0 Å². The van der Waals surface area contributed by atoms with E-state index in [1.54, 1.807) is 24.3 Å². The molecule has 0 heterocycles. The number of hydrogen-bond acceptors (Lipinski definition) is 1. The molecule has 0 aliphatic heterocycles. The number of nitrogens with one attached hydrogen (secondary N) is 1. The fraction of sp³-hybridized carbons (Fsp3) is 0.333. The summed E-state index contributed by atoms with van der Waals surface area (Å²) >= 11 is 5.73. The third-order valence-corrected chi connectivity index (χ3v) is 1.93. The lowest BCUT2D eigenvalue weighted by Gasteiger charge is -2.09. The van der Waals surface area contributed by atoms with Crippen LogP contribution in [0.15, 0.2) is 24.3 Å². The van der Waals surface area contributed by atoms with Crippen LogP contribution in [0.1, 0.15) is 6.42 Å². The fourth-order valence-electron chi connectivity index (χ4n) is 0.943. The lowest BCUT2D eigenvalue weighted by Crippen LogP contribution is -2.14. The molecule has 14 heavy (non-hydrogen) atoms. The predicted octanol–water partition coefficient (Wildman–Crippen LogP) is 3.70. The zero-order valence-corrected chi connectivity index (χ0v) is 7.99. The van der Waals surface area contributed by atoms with Gasteiger partial charge in [0.05, 0.1) is 17.1 Å². The van der Waals surface area contributed by atoms with Crippen molar-refractivity contribution >= 4 is 17.3 Å². The molecule has 0 aliphatic rings. The van der Waals surface area contributed by atoms with Crippen LogP contribution in [0.2, 0.25) is 5.02 Å². The second kappa shape index (κ2) is 4.55. The van der Waals surface area contributed by atoms with Gasteiger partial charge in [0.2, 0.25) is 0 Å². The summed E-state index contributed by atoms with van der Waals surface area (Å²) in [5.74, 6) is 0. The summed E-state index contributed by atoms with van der Waals surface area (Å²) in [6.07, 6.45) is -4.99. The van der Waals surface area contributed by atoms with Crippen molar-refractivity contribution in [3.05, 3.63) is 29.3 Å². The van der Waals surface area contributed by atoms with E-state index in [9.17, 15) is 13.2 Å². The van der Waals surface area contributed by atoms with Crippen LogP contribution in [-0.2, 0) is 0 Å². The molecule has 0 saturated carbocycles. The smallest absolute Gasteiger partial charge is 0.384 e. The molecule has 1 aromatic carbocycles. The maximum atomic E-state index is 11.8. The molecule has 0 bridgehead atoms. The lowest BCUT2D eigenvalue weighted by molar-refractivity contribution is -0.131. The minimum atomic E-state index is -4.13. The molecule has 0 aliphatic carbocycles. The average molecular weight is 224 g/mol. The van der Waals surface area contributed by atoms with Gasteiger partial charge in [-0.2, -0.15) is 13.2 Å². The van der Waals surface area contributed by atoms with E-state index in [1.165, 1.54) is 0 Å². The van der Waals surface area contributed by atoms with Crippen LogP contribution >= 0.6 is 11.6 Å². The summed E-state index contributed by atoms with van der Waals surface area (Å²) in [6, 6.07) is 6.69. The van der Waals surface area contributed by atoms with Crippen molar-refractivity contribution in [1.82, 2.24) is 0 Å². The van der Waals surface area contributed by atoms with Gasteiger partial charge in [-0.3, -0.25) is 0 Å². The first-order chi connectivity index (χ1) is 6.49. The van der Waals surface area contributed by atoms with Crippen molar-refractivity contribution in [1.29, 1.82) is 0 Å². The highest BCUT2D eigenvalue weighted by atomic mass is 35.5. The van der Waals surface area contributed by atoms with Gasteiger partial charge in [-0.25, -0.2) is 0 Å². The molecule has 0 radical (unpaired) electrons. The molecule has 0 amide bonds. The summed E-state index contributed by atoms with van der Waals surface area (Å²) in [6.45, 7) is -0.159. The zero-order valence-electron chi connectivity index (χ0n) is 7.24. The largest absolute Gasteiger partial charge is 0.390 e. The van der Waals surface area contributed by atoms with Crippen molar-refractivity contribution in [2.45, 2.75) is 12.6 Å². The van der Waals surface area contributed by atoms with Gasteiger partial charge >= 0.3 is 6.18 Å². The van der Waals surface area contributed by atoms with E-state index in [0.29, 0.717) is 10.7 Å². The number of halogens is 4. The number of anilines is 1. The van der Waals surface area contributed by atoms with Gasteiger partial charge in [-0.05, 0) is 12.1 Å². The number of hydrogen-bond donors (Lipinski definition) is 1. The Balaban J connectivity index is 2.43. The van der Waals surface area contributed by atoms with Crippen molar-refractivity contribution in [2.24, 2.45) is 0 Å². The highest BCUT2D eigenvalue weighted by Gasteiger charge is 2.26. The second-order valence-electron chi connectivity index (χ2n) is 2.77. The van der Waals surface area contributed by atoms with Gasteiger partial charge in [-0.15, -0.1) is 0 Å². The zero-order chi connectivity index (χ0) is 10.6. The third kappa shape index (κ3) is 3.87. The van der Waals surface area contributed by atoms with Gasteiger partial charge in [0, 0.05) is 6.54 Å². The first kappa shape index (κ1) is 11.2. The van der Waals surface area contributed by atoms with E-state index in [1.807, 2.05) is 0 Å². The topological polar surface area (TPSA) is 12.0 Å². The molecule has 0 unspecified atom stereocenters. The van der Waals surface area contributed by atoms with Crippen molar-refractivity contribution in [3.63, 3.8) is 0 Å². The van der Waals surface area contributed by atoms with Crippen molar-refractivity contribution < 1.29 is 13.2 Å². The predicted molar refractivity (Wildman–Crippen MR) is 50.6 cm³/mol. The minimum Gasteiger partial charge on any atom is -0.384 e. The van der Waals surface area contributed by atoms with Gasteiger partial charge in [-0.1, -0.05) is 23.7 Å². The molecule has 78 valence electrons. The van der Waals surface area contributed by atoms with E-state index >= 15 is 0 Å². The van der Waals surface area contributed by atoms with Crippen LogP contribution in [0.4, 0.5) is 18.9 Å². The average Bonchev–Trinajstić information content (AvgIpc) is 2.06. The van der Waals surface area contributed by atoms with E-state index in [4.69, 9.17) is 11.6 Å². The van der Waals surface area contributed by atoms with E-state index in [-0.39, 0.29) is 6.54 Å². The minimum absolute atomic E-state index is 0.159. The van der Waals surface area contributed by atoms with Crippen molar-refractivity contribution in [2.75, 3.05) is 11.9 Å². The Labute approximate surface area is 84.9 Å². The fourth-order valence-corrected chi connectivity index (χ4v) is 1.15. The quantitative estimate of drug-likeness (QED) is 0.824. The van der Waals surface area contributed by atoms with Crippen molar-refractivity contribution in [3.8, 4) is 0 Å². The first-order valence-corrected chi connectivity index (χ1v) is 4.42. The maximum Gasteiger partial charge on any atom is 0.390 e. The first-order valence-electron chi connectivity index (χ1n) is 4.04. The van der Waals surface area contributed by atoms with Crippen LogP contribution < -0.4 is 5.32 Å². The molecule has 1 nitrogen and oxygen atoms in total. The van der Waals surface area contributed by atoms with Gasteiger partial charge in [0.15, 0.2) is 0 Å². The Morgan fingerprint density at radius 3 is 2.43 bits per heavy atom. The van der Waals surface area contributed by atoms with E-state index in [0.717, 1.165) is 0 Å². The molecule has 1 rings (SSSR count). The molecular formula is C9H9ClF3N. The number of benzene rings is 1. The Morgan fingerprint density at radius 2 is 1.86 bits per heavy atom. The molecule has 0 aromatic heterocycles. The summed E-state index contributed by atoms with van der Waals surface area (Å²) in [7, 11) is 0. The monoisotopic (exact) mass is 223 g/mol. The Bertz CT molecular complexity index is 298. The summed E-state index contributed by atoms with van der Waals surface area (Å²) in [5, 5.41) is 3.04. The highest BCUT2D eigenvalue weighted by Crippen LogP contribution is 2.23. The Kier molecular flexibility index (Phi) is 3.63. The van der Waals surface area contributed by atoms with E-state index in [2.05, 4.69) is 5.32 Å². The standard InChI is InChI=1S/C9H9ClF3N/c10-7-3-1-2-4-8(7)14-6-5-9(11,12)13/h1-4,14H,5-6H2. The molecule has 5 heteroatoms.